The molecule has 238 valence electrons. The average molecular weight is 643 g/mol. The Morgan fingerprint density at radius 2 is 1.61 bits per heavy atom. The zero-order valence-electron chi connectivity index (χ0n) is 24.9. The smallest absolute Gasteiger partial charge is 0.338 e. The number of carbonyl (C=O) groups excluding carboxylic acids is 1. The third-order valence-corrected chi connectivity index (χ3v) is 8.63. The van der Waals surface area contributed by atoms with Crippen molar-refractivity contribution in [3.8, 4) is 11.1 Å². The van der Waals surface area contributed by atoms with Crippen molar-refractivity contribution >= 4 is 29.6 Å². The van der Waals surface area contributed by atoms with Gasteiger partial charge in [0.05, 0.1) is 30.8 Å². The molecule has 0 unspecified atom stereocenters. The Morgan fingerprint density at radius 1 is 0.848 bits per heavy atom. The van der Waals surface area contributed by atoms with E-state index in [0.717, 1.165) is 33.4 Å². The molecule has 1 saturated heterocycles. The van der Waals surface area contributed by atoms with E-state index >= 15 is 0 Å². The average Bonchev–Trinajstić information content (AvgIpc) is 3.09. The molecule has 46 heavy (non-hydrogen) atoms. The van der Waals surface area contributed by atoms with Crippen LogP contribution in [0.1, 0.15) is 64.3 Å². The molecule has 0 radical (unpaired) electrons. The number of benzene rings is 3. The number of nitrogens with one attached hydrogen (secondary N) is 1. The molecule has 10 nitrogen and oxygen atoms in total. The second-order valence-electron chi connectivity index (χ2n) is 10.8. The van der Waals surface area contributed by atoms with Crippen LogP contribution in [0.5, 0.6) is 0 Å². The molecule has 0 bridgehead atoms. The first kappa shape index (κ1) is 32.8. The van der Waals surface area contributed by atoms with Crippen LogP contribution in [0, 0.1) is 0 Å². The van der Waals surface area contributed by atoms with Crippen molar-refractivity contribution < 1.29 is 39.2 Å². The molecule has 11 heteroatoms. The highest BCUT2D eigenvalue weighted by molar-refractivity contribution is 7.99. The first-order valence-electron chi connectivity index (χ1n) is 14.8. The highest BCUT2D eigenvalue weighted by Crippen LogP contribution is 2.40. The largest absolute Gasteiger partial charge is 0.481 e. The standard InChI is InChI=1S/C35H34N2O8S/c38-20-22-9-11-24(12-10-22)30-18-28(21-46-33-29(34(42)43)8-3-15-36-33)44-35(45-30)27-7-2-6-26(17-27)25-5-1-4-23(16-25)19-37-31(39)13-14-32(40)41/h1-12,15-17,28,30,35,38H,13-14,18-21H2,(H,37,39)(H,40,41)(H,42,43)/t28-,30+,35+/m1/s1. The number of nitrogens with zero attached hydrogens (tertiary/aromatic N) is 1. The van der Waals surface area contributed by atoms with Gasteiger partial charge in [-0.3, -0.25) is 9.59 Å². The normalized spacial score (nSPS) is 17.7. The summed E-state index contributed by atoms with van der Waals surface area (Å²) in [5.41, 5.74) is 5.40. The Hall–Kier alpha value is -4.55. The Bertz CT molecular complexity index is 1680. The third-order valence-electron chi connectivity index (χ3n) is 7.50. The van der Waals surface area contributed by atoms with Gasteiger partial charge >= 0.3 is 11.9 Å². The number of pyridine rings is 1. The zero-order chi connectivity index (χ0) is 32.5. The molecule has 2 heterocycles. The van der Waals surface area contributed by atoms with Crippen LogP contribution in [0.25, 0.3) is 11.1 Å². The van der Waals surface area contributed by atoms with Crippen LogP contribution >= 0.6 is 11.8 Å². The summed E-state index contributed by atoms with van der Waals surface area (Å²) in [5, 5.41) is 31.1. The van der Waals surface area contributed by atoms with Gasteiger partial charge in [-0.1, -0.05) is 60.7 Å². The van der Waals surface area contributed by atoms with E-state index in [-0.39, 0.29) is 49.7 Å². The van der Waals surface area contributed by atoms with Gasteiger partial charge in [0.1, 0.15) is 5.03 Å². The second kappa shape index (κ2) is 15.6. The van der Waals surface area contributed by atoms with E-state index < -0.39 is 18.2 Å². The van der Waals surface area contributed by atoms with E-state index in [1.807, 2.05) is 72.8 Å². The van der Waals surface area contributed by atoms with Crippen molar-refractivity contribution in [2.45, 2.75) is 55.9 Å². The van der Waals surface area contributed by atoms with Crippen LogP contribution in [0.2, 0.25) is 0 Å². The molecule has 4 aromatic rings. The van der Waals surface area contributed by atoms with Gasteiger partial charge in [-0.2, -0.15) is 0 Å². The van der Waals surface area contributed by atoms with Crippen LogP contribution in [-0.2, 0) is 32.2 Å². The van der Waals surface area contributed by atoms with E-state index in [1.54, 1.807) is 12.3 Å². The summed E-state index contributed by atoms with van der Waals surface area (Å²) < 4.78 is 13.0. The number of aliphatic hydroxyl groups excluding tert-OH is 1. The minimum absolute atomic E-state index is 0.0577. The third kappa shape index (κ3) is 8.79. The first-order chi connectivity index (χ1) is 22.3. The summed E-state index contributed by atoms with van der Waals surface area (Å²) in [5.74, 6) is -1.91. The molecule has 1 aliphatic heterocycles. The van der Waals surface area contributed by atoms with Crippen LogP contribution in [0.3, 0.4) is 0 Å². The van der Waals surface area contributed by atoms with E-state index in [4.69, 9.17) is 14.6 Å². The molecule has 1 fully saturated rings. The number of carboxylic acids is 2. The molecule has 1 aliphatic rings. The predicted octanol–water partition coefficient (Wildman–Crippen LogP) is 5.76. The lowest BCUT2D eigenvalue weighted by Gasteiger charge is -2.36. The monoisotopic (exact) mass is 642 g/mol. The Morgan fingerprint density at radius 3 is 2.35 bits per heavy atom. The first-order valence-corrected chi connectivity index (χ1v) is 15.8. The lowest BCUT2D eigenvalue weighted by molar-refractivity contribution is -0.245. The lowest BCUT2D eigenvalue weighted by atomic mass is 9.99. The number of thioether (sulfide) groups is 1. The van der Waals surface area contributed by atoms with E-state index in [9.17, 15) is 24.6 Å². The molecule has 0 saturated carbocycles. The summed E-state index contributed by atoms with van der Waals surface area (Å²) in [4.78, 5) is 38.8. The van der Waals surface area contributed by atoms with Gasteiger partial charge in [0.2, 0.25) is 5.91 Å². The van der Waals surface area contributed by atoms with Crippen LogP contribution < -0.4 is 5.32 Å². The van der Waals surface area contributed by atoms with Crippen molar-refractivity contribution in [1.29, 1.82) is 0 Å². The van der Waals surface area contributed by atoms with Gasteiger partial charge in [-0.05, 0) is 52.1 Å². The number of carbonyl (C=O) groups is 3. The number of rotatable bonds is 13. The summed E-state index contributed by atoms with van der Waals surface area (Å²) in [6.07, 6.45) is 0.515. The van der Waals surface area contributed by atoms with Crippen molar-refractivity contribution in [1.82, 2.24) is 10.3 Å². The lowest BCUT2D eigenvalue weighted by Crippen LogP contribution is -2.31. The van der Waals surface area contributed by atoms with Crippen molar-refractivity contribution in [3.63, 3.8) is 0 Å². The van der Waals surface area contributed by atoms with E-state index in [1.165, 1.54) is 17.8 Å². The predicted molar refractivity (Wildman–Crippen MR) is 171 cm³/mol. The minimum atomic E-state index is -1.04. The maximum Gasteiger partial charge on any atom is 0.338 e. The van der Waals surface area contributed by atoms with Crippen LogP contribution in [-0.4, -0.2) is 50.0 Å². The number of aromatic nitrogens is 1. The molecule has 1 aromatic heterocycles. The molecular weight excluding hydrogens is 608 g/mol. The number of aromatic carboxylic acids is 1. The number of aliphatic hydroxyl groups is 1. The van der Waals surface area contributed by atoms with Gasteiger partial charge in [0.25, 0.3) is 0 Å². The number of hydrogen-bond acceptors (Lipinski definition) is 8. The highest BCUT2D eigenvalue weighted by atomic mass is 32.2. The van der Waals surface area contributed by atoms with Crippen molar-refractivity contribution in [3.05, 3.63) is 119 Å². The van der Waals surface area contributed by atoms with Gasteiger partial charge in [-0.25, -0.2) is 9.78 Å². The fraction of sp³-hybridized carbons (Fsp3) is 0.257. The fourth-order valence-electron chi connectivity index (χ4n) is 5.10. The SMILES string of the molecule is O=C(O)CCC(=O)NCc1cccc(-c2cccc([C@H]3O[C@@H](CSc4ncccc4C(=O)O)C[C@@H](c4ccc(CO)cc4)O3)c2)c1. The maximum atomic E-state index is 12.0. The number of amides is 1. The van der Waals surface area contributed by atoms with E-state index in [2.05, 4.69) is 10.3 Å². The zero-order valence-corrected chi connectivity index (χ0v) is 25.7. The molecule has 5 rings (SSSR count). The fourth-order valence-corrected chi connectivity index (χ4v) is 6.10. The van der Waals surface area contributed by atoms with Crippen molar-refractivity contribution in [2.75, 3.05) is 5.75 Å². The number of hydrogen-bond donors (Lipinski definition) is 4. The Labute approximate surface area is 270 Å². The number of carboxylic acid groups (broad SMARTS) is 2. The van der Waals surface area contributed by atoms with E-state index in [0.29, 0.717) is 17.2 Å². The minimum Gasteiger partial charge on any atom is -0.481 e. The summed E-state index contributed by atoms with van der Waals surface area (Å²) in [6.45, 7) is 0.217. The summed E-state index contributed by atoms with van der Waals surface area (Å²) >= 11 is 1.33. The van der Waals surface area contributed by atoms with Crippen LogP contribution in [0.4, 0.5) is 0 Å². The Balaban J connectivity index is 1.35. The second-order valence-corrected chi connectivity index (χ2v) is 11.8. The van der Waals surface area contributed by atoms with Gasteiger partial charge in [-0.15, -0.1) is 11.8 Å². The van der Waals surface area contributed by atoms with Gasteiger partial charge in [0, 0.05) is 36.9 Å². The molecule has 3 aromatic carbocycles. The van der Waals surface area contributed by atoms with Crippen LogP contribution in [0.15, 0.2) is 96.2 Å². The quantitative estimate of drug-likeness (QED) is 0.132. The van der Waals surface area contributed by atoms with Crippen molar-refractivity contribution in [2.24, 2.45) is 0 Å². The van der Waals surface area contributed by atoms with Gasteiger partial charge < -0.3 is 30.1 Å². The molecule has 3 atom stereocenters. The molecule has 0 aliphatic carbocycles. The number of aliphatic carboxylic acids is 1. The Kier molecular flexibility index (Phi) is 11.2. The topological polar surface area (TPSA) is 155 Å². The molecule has 0 spiro atoms. The summed E-state index contributed by atoms with van der Waals surface area (Å²) in [6, 6.07) is 26.3. The molecular formula is C35H34N2O8S. The summed E-state index contributed by atoms with van der Waals surface area (Å²) in [7, 11) is 0. The molecule has 1 amide bonds. The maximum absolute atomic E-state index is 12.0. The van der Waals surface area contributed by atoms with Gasteiger partial charge in [0.15, 0.2) is 6.29 Å². The molecule has 4 N–H and O–H groups in total. The highest BCUT2D eigenvalue weighted by Gasteiger charge is 2.33. The number of ether oxygens (including phenoxy) is 2.